The van der Waals surface area contributed by atoms with Crippen LogP contribution in [-0.4, -0.2) is 24.6 Å². The van der Waals surface area contributed by atoms with E-state index in [1.165, 1.54) is 0 Å². The Labute approximate surface area is 103 Å². The van der Waals surface area contributed by atoms with Crippen molar-refractivity contribution in [1.29, 1.82) is 5.26 Å². The molecule has 0 aliphatic rings. The first-order chi connectivity index (χ1) is 8.02. The van der Waals surface area contributed by atoms with Gasteiger partial charge in [-0.15, -0.1) is 0 Å². The van der Waals surface area contributed by atoms with Crippen LogP contribution in [-0.2, 0) is 0 Å². The van der Waals surface area contributed by atoms with Crippen molar-refractivity contribution >= 4 is 5.69 Å². The molecule has 2 N–H and O–H groups in total. The second-order valence-corrected chi connectivity index (χ2v) is 4.90. The molecule has 0 amide bonds. The minimum Gasteiger partial charge on any atom is -0.370 e. The molecule has 0 radical (unpaired) electrons. The molecule has 0 fully saturated rings. The maximum atomic E-state index is 8.71. The van der Waals surface area contributed by atoms with E-state index in [2.05, 4.69) is 30.7 Å². The summed E-state index contributed by atoms with van der Waals surface area (Å²) in [4.78, 5) is 6.31. The van der Waals surface area contributed by atoms with Crippen LogP contribution in [0.5, 0.6) is 0 Å². The fourth-order valence-corrected chi connectivity index (χ4v) is 1.61. The second-order valence-electron chi connectivity index (χ2n) is 4.90. The van der Waals surface area contributed by atoms with Gasteiger partial charge in [-0.1, -0.05) is 13.8 Å². The number of nitrogens with two attached hydrogens (primary N) is 1. The van der Waals surface area contributed by atoms with E-state index in [4.69, 9.17) is 11.0 Å². The van der Waals surface area contributed by atoms with E-state index in [0.29, 0.717) is 12.2 Å². The van der Waals surface area contributed by atoms with Gasteiger partial charge in [0.1, 0.15) is 11.8 Å². The van der Waals surface area contributed by atoms with E-state index >= 15 is 0 Å². The maximum Gasteiger partial charge on any atom is 0.140 e. The van der Waals surface area contributed by atoms with Crippen LogP contribution in [0.3, 0.4) is 0 Å². The van der Waals surface area contributed by atoms with Gasteiger partial charge in [0.15, 0.2) is 0 Å². The Morgan fingerprint density at radius 3 is 2.59 bits per heavy atom. The molecule has 0 aromatic carbocycles. The number of nitrogens with zero attached hydrogens (tertiary/aromatic N) is 3. The van der Waals surface area contributed by atoms with Crippen molar-refractivity contribution in [2.45, 2.75) is 20.8 Å². The fourth-order valence-electron chi connectivity index (χ4n) is 1.61. The Morgan fingerprint density at radius 1 is 1.47 bits per heavy atom. The summed E-state index contributed by atoms with van der Waals surface area (Å²) in [5.74, 6) is 0. The van der Waals surface area contributed by atoms with Crippen LogP contribution in [0, 0.1) is 16.7 Å². The van der Waals surface area contributed by atoms with Crippen LogP contribution in [0.25, 0.3) is 0 Å². The summed E-state index contributed by atoms with van der Waals surface area (Å²) >= 11 is 0. The van der Waals surface area contributed by atoms with Crippen molar-refractivity contribution < 1.29 is 0 Å². The summed E-state index contributed by atoms with van der Waals surface area (Å²) in [7, 11) is 0. The number of pyridine rings is 1. The summed E-state index contributed by atoms with van der Waals surface area (Å²) in [6.07, 6.45) is 1.74. The molecule has 4 nitrogen and oxygen atoms in total. The number of hydrogen-bond donors (Lipinski definition) is 1. The summed E-state index contributed by atoms with van der Waals surface area (Å²) < 4.78 is 0. The predicted octanol–water partition coefficient (Wildman–Crippen LogP) is 1.76. The third kappa shape index (κ3) is 3.72. The molecule has 0 aliphatic heterocycles. The Kier molecular flexibility index (Phi) is 4.47. The van der Waals surface area contributed by atoms with Crippen LogP contribution in [0.1, 0.15) is 26.5 Å². The lowest BCUT2D eigenvalue weighted by Crippen LogP contribution is -2.38. The quantitative estimate of drug-likeness (QED) is 0.840. The van der Waals surface area contributed by atoms with Gasteiger partial charge >= 0.3 is 0 Å². The zero-order valence-corrected chi connectivity index (χ0v) is 10.8. The van der Waals surface area contributed by atoms with Crippen molar-refractivity contribution in [3.8, 4) is 6.07 Å². The van der Waals surface area contributed by atoms with Gasteiger partial charge in [0.2, 0.25) is 0 Å². The largest absolute Gasteiger partial charge is 0.370 e. The Morgan fingerprint density at radius 2 is 2.18 bits per heavy atom. The average Bonchev–Trinajstić information content (AvgIpc) is 2.36. The smallest absolute Gasteiger partial charge is 0.140 e. The van der Waals surface area contributed by atoms with Gasteiger partial charge in [-0.2, -0.15) is 5.26 Å². The molecule has 0 saturated carbocycles. The van der Waals surface area contributed by atoms with Crippen LogP contribution in [0.2, 0.25) is 0 Å². The van der Waals surface area contributed by atoms with Gasteiger partial charge in [0, 0.05) is 13.1 Å². The number of anilines is 1. The maximum absolute atomic E-state index is 8.71. The van der Waals surface area contributed by atoms with Crippen LogP contribution < -0.4 is 10.6 Å². The minimum atomic E-state index is 0.0733. The van der Waals surface area contributed by atoms with Gasteiger partial charge in [0.25, 0.3) is 0 Å². The third-order valence-electron chi connectivity index (χ3n) is 2.78. The minimum absolute atomic E-state index is 0.0733. The van der Waals surface area contributed by atoms with E-state index in [-0.39, 0.29) is 5.41 Å². The van der Waals surface area contributed by atoms with Gasteiger partial charge in [-0.05, 0) is 31.0 Å². The van der Waals surface area contributed by atoms with Crippen LogP contribution in [0.15, 0.2) is 18.3 Å². The predicted molar refractivity (Wildman–Crippen MR) is 69.7 cm³/mol. The molecule has 0 bridgehead atoms. The highest BCUT2D eigenvalue weighted by atomic mass is 15.1. The first-order valence-corrected chi connectivity index (χ1v) is 5.83. The molecular formula is C13H20N4. The van der Waals surface area contributed by atoms with E-state index in [1.54, 1.807) is 12.3 Å². The van der Waals surface area contributed by atoms with E-state index in [1.807, 2.05) is 12.1 Å². The number of nitriles is 1. The topological polar surface area (TPSA) is 65.9 Å². The molecule has 1 rings (SSSR count). The average molecular weight is 232 g/mol. The summed E-state index contributed by atoms with van der Waals surface area (Å²) in [5.41, 5.74) is 7.30. The Hall–Kier alpha value is -1.60. The molecule has 1 aromatic rings. The van der Waals surface area contributed by atoms with Gasteiger partial charge in [-0.3, -0.25) is 0 Å². The second kappa shape index (κ2) is 5.65. The Balaban J connectivity index is 2.83. The number of hydrogen-bond acceptors (Lipinski definition) is 4. The molecule has 0 spiro atoms. The summed E-state index contributed by atoms with van der Waals surface area (Å²) in [5, 5.41) is 8.71. The van der Waals surface area contributed by atoms with E-state index in [9.17, 15) is 0 Å². The van der Waals surface area contributed by atoms with Crippen molar-refractivity contribution in [1.82, 2.24) is 4.98 Å². The third-order valence-corrected chi connectivity index (χ3v) is 2.78. The molecule has 1 heterocycles. The molecule has 1 aromatic heterocycles. The molecule has 0 atom stereocenters. The van der Waals surface area contributed by atoms with Crippen molar-refractivity contribution in [2.75, 3.05) is 24.5 Å². The van der Waals surface area contributed by atoms with E-state index in [0.717, 1.165) is 18.8 Å². The summed E-state index contributed by atoms with van der Waals surface area (Å²) in [6, 6.07) is 5.70. The highest BCUT2D eigenvalue weighted by Gasteiger charge is 2.19. The zero-order chi connectivity index (χ0) is 12.9. The van der Waals surface area contributed by atoms with Crippen LogP contribution in [0.4, 0.5) is 5.69 Å². The van der Waals surface area contributed by atoms with Crippen LogP contribution >= 0.6 is 0 Å². The highest BCUT2D eigenvalue weighted by molar-refractivity contribution is 5.46. The lowest BCUT2D eigenvalue weighted by Gasteiger charge is -2.32. The zero-order valence-electron chi connectivity index (χ0n) is 10.8. The number of rotatable bonds is 5. The van der Waals surface area contributed by atoms with Crippen molar-refractivity contribution in [3.63, 3.8) is 0 Å². The molecular weight excluding hydrogens is 212 g/mol. The Bertz CT molecular complexity index is 389. The first kappa shape index (κ1) is 13.5. The van der Waals surface area contributed by atoms with Crippen molar-refractivity contribution in [3.05, 3.63) is 24.0 Å². The van der Waals surface area contributed by atoms with Gasteiger partial charge in [-0.25, -0.2) is 4.98 Å². The molecule has 17 heavy (non-hydrogen) atoms. The molecule has 0 aliphatic carbocycles. The highest BCUT2D eigenvalue weighted by Crippen LogP contribution is 2.20. The van der Waals surface area contributed by atoms with Crippen molar-refractivity contribution in [2.24, 2.45) is 11.1 Å². The normalized spacial score (nSPS) is 11.0. The first-order valence-electron chi connectivity index (χ1n) is 5.83. The van der Waals surface area contributed by atoms with E-state index < -0.39 is 0 Å². The lowest BCUT2D eigenvalue weighted by atomic mass is 9.93. The summed E-state index contributed by atoms with van der Waals surface area (Å²) in [6.45, 7) is 8.82. The fraction of sp³-hybridized carbons (Fsp3) is 0.538. The molecule has 92 valence electrons. The molecule has 0 unspecified atom stereocenters. The standard InChI is InChI=1S/C13H20N4/c1-4-17(10-13(2,3)9-15)12-6-5-11(7-14)16-8-12/h5-6,8H,4,9-10,15H2,1-3H3. The lowest BCUT2D eigenvalue weighted by molar-refractivity contribution is 0.379. The van der Waals surface area contributed by atoms with Gasteiger partial charge < -0.3 is 10.6 Å². The van der Waals surface area contributed by atoms with Gasteiger partial charge in [0.05, 0.1) is 11.9 Å². The molecule has 4 heteroatoms. The number of aromatic nitrogens is 1. The molecule has 0 saturated heterocycles. The SMILES string of the molecule is CCN(CC(C)(C)CN)c1ccc(C#N)nc1. The monoisotopic (exact) mass is 232 g/mol.